The van der Waals surface area contributed by atoms with Crippen molar-refractivity contribution in [3.05, 3.63) is 59.2 Å². The maximum atomic E-state index is 10.3. The number of aryl methyl sites for hydroxylation is 2. The van der Waals surface area contributed by atoms with Crippen LogP contribution in [0.5, 0.6) is 0 Å². The molecule has 2 aromatic rings. The second-order valence-corrected chi connectivity index (χ2v) is 5.27. The van der Waals surface area contributed by atoms with E-state index < -0.39 is 6.10 Å². The second kappa shape index (κ2) is 6.23. The Labute approximate surface area is 122 Å². The predicted molar refractivity (Wildman–Crippen MR) is 87.2 cm³/mol. The highest BCUT2D eigenvalue weighted by Crippen LogP contribution is 2.35. The summed E-state index contributed by atoms with van der Waals surface area (Å²) in [5.74, 6) is 0. The third kappa shape index (κ3) is 2.38. The zero-order valence-corrected chi connectivity index (χ0v) is 12.7. The molecule has 0 heterocycles. The van der Waals surface area contributed by atoms with E-state index in [0.717, 1.165) is 24.8 Å². The summed E-state index contributed by atoms with van der Waals surface area (Å²) in [6.07, 6.45) is 4.24. The van der Waals surface area contributed by atoms with Crippen LogP contribution in [0.1, 0.15) is 49.1 Å². The first-order chi connectivity index (χ1) is 9.65. The average Bonchev–Trinajstić information content (AvgIpc) is 2.45. The molecule has 0 fully saturated rings. The highest BCUT2D eigenvalue weighted by Gasteiger charge is 2.19. The minimum atomic E-state index is -0.435. The van der Waals surface area contributed by atoms with Crippen LogP contribution in [0.3, 0.4) is 0 Å². The molecule has 0 saturated heterocycles. The lowest BCUT2D eigenvalue weighted by Gasteiger charge is -2.22. The van der Waals surface area contributed by atoms with Gasteiger partial charge >= 0.3 is 0 Å². The molecule has 0 radical (unpaired) electrons. The topological polar surface area (TPSA) is 20.2 Å². The summed E-state index contributed by atoms with van der Waals surface area (Å²) in [6, 6.07) is 8.56. The fourth-order valence-electron chi connectivity index (χ4n) is 3.33. The smallest absolute Gasteiger partial charge is 0.0767 e. The first kappa shape index (κ1) is 14.8. The van der Waals surface area contributed by atoms with E-state index in [0.29, 0.717) is 0 Å². The van der Waals surface area contributed by atoms with Gasteiger partial charge in [-0.15, -0.1) is 6.58 Å². The lowest BCUT2D eigenvalue weighted by Crippen LogP contribution is -2.08. The van der Waals surface area contributed by atoms with Crippen molar-refractivity contribution in [3.8, 4) is 0 Å². The number of fused-ring (bicyclic) bond motifs is 1. The SMILES string of the molecule is C=CCc1c(C(C)O)c(CC)c2ccccc2c1CC. The number of allylic oxidation sites excluding steroid dienone is 1. The summed E-state index contributed by atoms with van der Waals surface area (Å²) in [6.45, 7) is 10.1. The van der Waals surface area contributed by atoms with Crippen molar-refractivity contribution in [2.45, 2.75) is 46.1 Å². The zero-order chi connectivity index (χ0) is 14.7. The number of aliphatic hydroxyl groups is 1. The molecule has 0 aliphatic heterocycles. The Morgan fingerprint density at radius 2 is 1.60 bits per heavy atom. The first-order valence-electron chi connectivity index (χ1n) is 7.49. The maximum absolute atomic E-state index is 10.3. The maximum Gasteiger partial charge on any atom is 0.0767 e. The van der Waals surface area contributed by atoms with Gasteiger partial charge in [-0.05, 0) is 59.2 Å². The molecule has 2 rings (SSSR count). The van der Waals surface area contributed by atoms with Crippen LogP contribution in [-0.4, -0.2) is 5.11 Å². The average molecular weight is 268 g/mol. The number of benzene rings is 2. The molecule has 1 nitrogen and oxygen atoms in total. The van der Waals surface area contributed by atoms with E-state index in [1.54, 1.807) is 0 Å². The summed E-state index contributed by atoms with van der Waals surface area (Å²) in [4.78, 5) is 0. The third-order valence-electron chi connectivity index (χ3n) is 4.07. The Balaban J connectivity index is 2.96. The summed E-state index contributed by atoms with van der Waals surface area (Å²) >= 11 is 0. The third-order valence-corrected chi connectivity index (χ3v) is 4.07. The van der Waals surface area contributed by atoms with Gasteiger partial charge in [0, 0.05) is 0 Å². The molecular formula is C19H24O. The van der Waals surface area contributed by atoms with Gasteiger partial charge in [0.1, 0.15) is 0 Å². The van der Waals surface area contributed by atoms with E-state index in [1.165, 1.54) is 27.5 Å². The highest BCUT2D eigenvalue weighted by atomic mass is 16.3. The molecule has 0 aliphatic carbocycles. The number of hydrogen-bond donors (Lipinski definition) is 1. The highest BCUT2D eigenvalue weighted by molar-refractivity contribution is 5.91. The van der Waals surface area contributed by atoms with Crippen molar-refractivity contribution in [3.63, 3.8) is 0 Å². The lowest BCUT2D eigenvalue weighted by molar-refractivity contribution is 0.197. The van der Waals surface area contributed by atoms with E-state index in [1.807, 2.05) is 13.0 Å². The molecular weight excluding hydrogens is 244 g/mol. The van der Waals surface area contributed by atoms with Crippen molar-refractivity contribution in [1.29, 1.82) is 0 Å². The molecule has 0 aliphatic rings. The number of hydrogen-bond acceptors (Lipinski definition) is 1. The van der Waals surface area contributed by atoms with Crippen LogP contribution < -0.4 is 0 Å². The van der Waals surface area contributed by atoms with E-state index >= 15 is 0 Å². The Bertz CT molecular complexity index is 623. The molecule has 1 atom stereocenters. The molecule has 1 heteroatoms. The van der Waals surface area contributed by atoms with Gasteiger partial charge in [-0.2, -0.15) is 0 Å². The summed E-state index contributed by atoms with van der Waals surface area (Å²) < 4.78 is 0. The van der Waals surface area contributed by atoms with Crippen LogP contribution in [0.2, 0.25) is 0 Å². The van der Waals surface area contributed by atoms with Crippen molar-refractivity contribution in [2.75, 3.05) is 0 Å². The number of rotatable bonds is 5. The van der Waals surface area contributed by atoms with Gasteiger partial charge < -0.3 is 5.11 Å². The van der Waals surface area contributed by atoms with Gasteiger partial charge in [0.2, 0.25) is 0 Å². The normalized spacial score (nSPS) is 12.6. The fraction of sp³-hybridized carbons (Fsp3) is 0.368. The lowest BCUT2D eigenvalue weighted by atomic mass is 9.84. The molecule has 0 aromatic heterocycles. The first-order valence-corrected chi connectivity index (χ1v) is 7.49. The van der Waals surface area contributed by atoms with Gasteiger partial charge in [-0.25, -0.2) is 0 Å². The Hall–Kier alpha value is -1.60. The van der Waals surface area contributed by atoms with Crippen LogP contribution >= 0.6 is 0 Å². The largest absolute Gasteiger partial charge is 0.389 e. The van der Waals surface area contributed by atoms with Crippen LogP contribution in [0.25, 0.3) is 10.8 Å². The molecule has 0 spiro atoms. The molecule has 1 unspecified atom stereocenters. The minimum Gasteiger partial charge on any atom is -0.389 e. The van der Waals surface area contributed by atoms with E-state index in [-0.39, 0.29) is 0 Å². The quantitative estimate of drug-likeness (QED) is 0.776. The van der Waals surface area contributed by atoms with Crippen LogP contribution in [-0.2, 0) is 19.3 Å². The van der Waals surface area contributed by atoms with Crippen LogP contribution in [0.15, 0.2) is 36.9 Å². The van der Waals surface area contributed by atoms with Gasteiger partial charge in [0.15, 0.2) is 0 Å². The van der Waals surface area contributed by atoms with Crippen molar-refractivity contribution >= 4 is 10.8 Å². The monoisotopic (exact) mass is 268 g/mol. The molecule has 0 amide bonds. The van der Waals surface area contributed by atoms with E-state index in [9.17, 15) is 5.11 Å². The summed E-state index contributed by atoms with van der Waals surface area (Å²) in [5.41, 5.74) is 5.02. The van der Waals surface area contributed by atoms with Crippen molar-refractivity contribution in [1.82, 2.24) is 0 Å². The molecule has 106 valence electrons. The predicted octanol–water partition coefficient (Wildman–Crippen LogP) is 4.75. The van der Waals surface area contributed by atoms with Gasteiger partial charge in [0.25, 0.3) is 0 Å². The molecule has 1 N–H and O–H groups in total. The number of aliphatic hydroxyl groups excluding tert-OH is 1. The van der Waals surface area contributed by atoms with Crippen LogP contribution in [0, 0.1) is 0 Å². The summed E-state index contributed by atoms with van der Waals surface area (Å²) in [7, 11) is 0. The summed E-state index contributed by atoms with van der Waals surface area (Å²) in [5, 5.41) is 12.9. The fourth-order valence-corrected chi connectivity index (χ4v) is 3.33. The van der Waals surface area contributed by atoms with Gasteiger partial charge in [0.05, 0.1) is 6.10 Å². The molecule has 0 saturated carbocycles. The molecule has 20 heavy (non-hydrogen) atoms. The van der Waals surface area contributed by atoms with E-state index in [4.69, 9.17) is 0 Å². The molecule has 2 aromatic carbocycles. The Morgan fingerprint density at radius 3 is 2.05 bits per heavy atom. The standard InChI is InChI=1S/C19H24O/c1-5-10-18-14(6-2)16-11-8-9-12-17(16)15(7-3)19(18)13(4)20/h5,8-9,11-13,20H,1,6-7,10H2,2-4H3. The van der Waals surface area contributed by atoms with Gasteiger partial charge in [-0.3, -0.25) is 0 Å². The Kier molecular flexibility index (Phi) is 4.61. The Morgan fingerprint density at radius 1 is 1.05 bits per heavy atom. The second-order valence-electron chi connectivity index (χ2n) is 5.27. The zero-order valence-electron chi connectivity index (χ0n) is 12.7. The minimum absolute atomic E-state index is 0.435. The van der Waals surface area contributed by atoms with Gasteiger partial charge in [-0.1, -0.05) is 44.2 Å². The van der Waals surface area contributed by atoms with E-state index in [2.05, 4.69) is 44.7 Å². The molecule has 0 bridgehead atoms. The van der Waals surface area contributed by atoms with Crippen LogP contribution in [0.4, 0.5) is 0 Å². The van der Waals surface area contributed by atoms with Crippen molar-refractivity contribution < 1.29 is 5.11 Å². The van der Waals surface area contributed by atoms with Crippen molar-refractivity contribution in [2.24, 2.45) is 0 Å².